The molecule has 0 unspecified atom stereocenters. The van der Waals surface area contributed by atoms with Crippen molar-refractivity contribution in [1.29, 1.82) is 0 Å². The van der Waals surface area contributed by atoms with Gasteiger partial charge in [-0.3, -0.25) is 14.7 Å². The highest BCUT2D eigenvalue weighted by Gasteiger charge is 2.24. The van der Waals surface area contributed by atoms with E-state index in [1.807, 2.05) is 59.5 Å². The van der Waals surface area contributed by atoms with Gasteiger partial charge in [0, 0.05) is 43.1 Å². The van der Waals surface area contributed by atoms with Gasteiger partial charge in [-0.2, -0.15) is 0 Å². The smallest absolute Gasteiger partial charge is 0.256 e. The molecule has 1 fully saturated rings. The van der Waals surface area contributed by atoms with Crippen LogP contribution in [-0.2, 0) is 6.54 Å². The Morgan fingerprint density at radius 2 is 1.73 bits per heavy atom. The number of nitrogens with two attached hydrogens (primary N) is 1. The Labute approximate surface area is 174 Å². The van der Waals surface area contributed by atoms with E-state index < -0.39 is 0 Å². The number of amides is 1. The van der Waals surface area contributed by atoms with Crippen molar-refractivity contribution in [1.82, 2.24) is 24.8 Å². The van der Waals surface area contributed by atoms with Gasteiger partial charge in [0.05, 0.1) is 23.1 Å². The highest BCUT2D eigenvalue weighted by atomic mass is 16.2. The molecule has 2 N–H and O–H groups in total. The average Bonchev–Trinajstić information content (AvgIpc) is 2.79. The molecular weight excluding hydrogens is 376 g/mol. The van der Waals surface area contributed by atoms with Gasteiger partial charge in [0.1, 0.15) is 11.6 Å². The Hall–Kier alpha value is -3.58. The maximum atomic E-state index is 13.1. The van der Waals surface area contributed by atoms with Gasteiger partial charge in [-0.1, -0.05) is 30.3 Å². The van der Waals surface area contributed by atoms with E-state index in [-0.39, 0.29) is 5.91 Å². The predicted octanol–water partition coefficient (Wildman–Crippen LogP) is 2.72. The van der Waals surface area contributed by atoms with Gasteiger partial charge >= 0.3 is 0 Å². The first-order valence-electron chi connectivity index (χ1n) is 10.1. The van der Waals surface area contributed by atoms with E-state index in [1.165, 1.54) is 0 Å². The average molecular weight is 398 g/mol. The zero-order chi connectivity index (χ0) is 20.5. The SMILES string of the molecule is Nc1nc(CN2CCN(C(=O)c3cccc4cccnc34)CC2)nc2ccccc12. The van der Waals surface area contributed by atoms with Crippen molar-refractivity contribution in [2.24, 2.45) is 0 Å². The molecule has 150 valence electrons. The van der Waals surface area contributed by atoms with Crippen molar-refractivity contribution in [2.45, 2.75) is 6.54 Å². The van der Waals surface area contributed by atoms with Crippen LogP contribution in [0.4, 0.5) is 5.82 Å². The molecule has 0 atom stereocenters. The van der Waals surface area contributed by atoms with Gasteiger partial charge in [0.25, 0.3) is 5.91 Å². The molecule has 1 saturated heterocycles. The third-order valence-electron chi connectivity index (χ3n) is 5.57. The summed E-state index contributed by atoms with van der Waals surface area (Å²) < 4.78 is 0. The fraction of sp³-hybridized carbons (Fsp3) is 0.217. The second-order valence-corrected chi connectivity index (χ2v) is 7.49. The number of fused-ring (bicyclic) bond motifs is 2. The Balaban J connectivity index is 1.28. The molecular formula is C23H22N6O. The molecule has 2 aromatic carbocycles. The second kappa shape index (κ2) is 7.68. The predicted molar refractivity (Wildman–Crippen MR) is 117 cm³/mol. The number of nitrogen functional groups attached to an aromatic ring is 1. The van der Waals surface area contributed by atoms with Crippen LogP contribution in [0, 0.1) is 0 Å². The van der Waals surface area contributed by atoms with Gasteiger partial charge in [-0.25, -0.2) is 9.97 Å². The Morgan fingerprint density at radius 1 is 0.933 bits per heavy atom. The number of pyridine rings is 1. The van der Waals surface area contributed by atoms with E-state index in [0.717, 1.165) is 34.9 Å². The zero-order valence-electron chi connectivity index (χ0n) is 16.5. The Bertz CT molecular complexity index is 1230. The summed E-state index contributed by atoms with van der Waals surface area (Å²) in [4.78, 5) is 30.8. The number of benzene rings is 2. The van der Waals surface area contributed by atoms with Crippen molar-refractivity contribution in [2.75, 3.05) is 31.9 Å². The van der Waals surface area contributed by atoms with E-state index >= 15 is 0 Å². The number of hydrogen-bond acceptors (Lipinski definition) is 6. The molecule has 30 heavy (non-hydrogen) atoms. The second-order valence-electron chi connectivity index (χ2n) is 7.49. The van der Waals surface area contributed by atoms with Crippen molar-refractivity contribution in [3.05, 3.63) is 72.2 Å². The van der Waals surface area contributed by atoms with Crippen molar-refractivity contribution < 1.29 is 4.79 Å². The molecule has 7 nitrogen and oxygen atoms in total. The lowest BCUT2D eigenvalue weighted by molar-refractivity contribution is 0.0627. The normalized spacial score (nSPS) is 15.0. The fourth-order valence-corrected chi connectivity index (χ4v) is 3.98. The fourth-order valence-electron chi connectivity index (χ4n) is 3.98. The quantitative estimate of drug-likeness (QED) is 0.571. The molecule has 1 aliphatic heterocycles. The minimum absolute atomic E-state index is 0.0325. The number of nitrogens with zero attached hydrogens (tertiary/aromatic N) is 5. The highest BCUT2D eigenvalue weighted by Crippen LogP contribution is 2.20. The van der Waals surface area contributed by atoms with Crippen LogP contribution >= 0.6 is 0 Å². The zero-order valence-corrected chi connectivity index (χ0v) is 16.5. The minimum atomic E-state index is 0.0325. The Morgan fingerprint density at radius 3 is 2.60 bits per heavy atom. The van der Waals surface area contributed by atoms with Gasteiger partial charge in [-0.15, -0.1) is 0 Å². The molecule has 0 aliphatic carbocycles. The van der Waals surface area contributed by atoms with Gasteiger partial charge in [-0.05, 0) is 24.3 Å². The third kappa shape index (κ3) is 3.44. The van der Waals surface area contributed by atoms with Crippen LogP contribution in [-0.4, -0.2) is 56.8 Å². The minimum Gasteiger partial charge on any atom is -0.383 e. The van der Waals surface area contributed by atoms with Crippen LogP contribution in [0.15, 0.2) is 60.8 Å². The van der Waals surface area contributed by atoms with E-state index in [4.69, 9.17) is 5.73 Å². The number of piperazine rings is 1. The van der Waals surface area contributed by atoms with Gasteiger partial charge in [0.2, 0.25) is 0 Å². The van der Waals surface area contributed by atoms with Gasteiger partial charge in [0.15, 0.2) is 0 Å². The monoisotopic (exact) mass is 398 g/mol. The number of rotatable bonds is 3. The topological polar surface area (TPSA) is 88.2 Å². The van der Waals surface area contributed by atoms with Crippen LogP contribution in [0.5, 0.6) is 0 Å². The number of anilines is 1. The number of carbonyl (C=O) groups is 1. The third-order valence-corrected chi connectivity index (χ3v) is 5.57. The van der Waals surface area contributed by atoms with Crippen molar-refractivity contribution in [3.63, 3.8) is 0 Å². The molecule has 4 aromatic rings. The molecule has 2 aromatic heterocycles. The van der Waals surface area contributed by atoms with Crippen LogP contribution in [0.3, 0.4) is 0 Å². The molecule has 7 heteroatoms. The molecule has 0 saturated carbocycles. The van der Waals surface area contributed by atoms with Crippen molar-refractivity contribution >= 4 is 33.5 Å². The summed E-state index contributed by atoms with van der Waals surface area (Å²) in [5.41, 5.74) is 8.38. The summed E-state index contributed by atoms with van der Waals surface area (Å²) in [5.74, 6) is 1.25. The van der Waals surface area contributed by atoms with Crippen LogP contribution in [0.2, 0.25) is 0 Å². The lowest BCUT2D eigenvalue weighted by atomic mass is 10.1. The van der Waals surface area contributed by atoms with E-state index in [0.29, 0.717) is 36.8 Å². The van der Waals surface area contributed by atoms with E-state index in [1.54, 1.807) is 6.20 Å². The molecule has 0 spiro atoms. The number of hydrogen-bond donors (Lipinski definition) is 1. The molecule has 5 rings (SSSR count). The maximum Gasteiger partial charge on any atom is 0.256 e. The highest BCUT2D eigenvalue weighted by molar-refractivity contribution is 6.05. The standard InChI is InChI=1S/C23H22N6O/c24-22-17-7-1-2-9-19(17)26-20(27-22)15-28-11-13-29(14-12-28)23(30)18-8-3-5-16-6-4-10-25-21(16)18/h1-10H,11-15H2,(H2,24,26,27). The molecule has 0 bridgehead atoms. The first kappa shape index (κ1) is 18.4. The van der Waals surface area contributed by atoms with Crippen molar-refractivity contribution in [3.8, 4) is 0 Å². The van der Waals surface area contributed by atoms with Crippen LogP contribution < -0.4 is 5.73 Å². The van der Waals surface area contributed by atoms with E-state index in [9.17, 15) is 4.79 Å². The summed E-state index contributed by atoms with van der Waals surface area (Å²) in [6.07, 6.45) is 1.73. The molecule has 0 radical (unpaired) electrons. The lowest BCUT2D eigenvalue weighted by Crippen LogP contribution is -2.48. The van der Waals surface area contributed by atoms with Crippen LogP contribution in [0.1, 0.15) is 16.2 Å². The number of para-hydroxylation sites is 2. The van der Waals surface area contributed by atoms with E-state index in [2.05, 4.69) is 19.9 Å². The maximum absolute atomic E-state index is 13.1. The summed E-state index contributed by atoms with van der Waals surface area (Å²) in [6, 6.07) is 17.4. The summed E-state index contributed by atoms with van der Waals surface area (Å²) in [7, 11) is 0. The van der Waals surface area contributed by atoms with Crippen LogP contribution in [0.25, 0.3) is 21.8 Å². The summed E-state index contributed by atoms with van der Waals surface area (Å²) in [5, 5.41) is 1.85. The van der Waals surface area contributed by atoms with Gasteiger partial charge < -0.3 is 10.6 Å². The first-order chi connectivity index (χ1) is 14.7. The molecule has 3 heterocycles. The summed E-state index contributed by atoms with van der Waals surface area (Å²) >= 11 is 0. The number of carbonyl (C=O) groups excluding carboxylic acids is 1. The molecule has 1 aliphatic rings. The number of aromatic nitrogens is 3. The first-order valence-corrected chi connectivity index (χ1v) is 10.1. The molecule has 1 amide bonds. The summed E-state index contributed by atoms with van der Waals surface area (Å²) in [6.45, 7) is 3.46. The Kier molecular flexibility index (Phi) is 4.72. The lowest BCUT2D eigenvalue weighted by Gasteiger charge is -2.34. The largest absolute Gasteiger partial charge is 0.383 e.